The second-order valence-corrected chi connectivity index (χ2v) is 12.2. The molecule has 0 saturated carbocycles. The molecule has 2 unspecified atom stereocenters. The van der Waals surface area contributed by atoms with Crippen LogP contribution in [0.15, 0.2) is 54.3 Å². The van der Waals surface area contributed by atoms with Crippen molar-refractivity contribution in [1.29, 1.82) is 0 Å². The summed E-state index contributed by atoms with van der Waals surface area (Å²) in [6.45, 7) is 5.37. The molecule has 5 heterocycles. The molecule has 0 bridgehead atoms. The van der Waals surface area contributed by atoms with Gasteiger partial charge in [0.15, 0.2) is 5.82 Å². The van der Waals surface area contributed by atoms with Crippen LogP contribution >= 0.6 is 0 Å². The van der Waals surface area contributed by atoms with Gasteiger partial charge in [0, 0.05) is 54.9 Å². The van der Waals surface area contributed by atoms with Crippen LogP contribution in [0, 0.1) is 24.0 Å². The van der Waals surface area contributed by atoms with Crippen LogP contribution in [-0.2, 0) is 0 Å². The second-order valence-electron chi connectivity index (χ2n) is 12.2. The van der Waals surface area contributed by atoms with Crippen LogP contribution in [0.1, 0.15) is 38.7 Å². The number of ether oxygens (including phenoxy) is 1. The van der Waals surface area contributed by atoms with Crippen molar-refractivity contribution in [3.63, 3.8) is 0 Å². The molecule has 2 aromatic heterocycles. The van der Waals surface area contributed by atoms with E-state index in [1.165, 1.54) is 24.4 Å². The largest absolute Gasteiger partial charge is 0.508 e. The van der Waals surface area contributed by atoms with Crippen molar-refractivity contribution in [3.8, 4) is 35.4 Å². The number of nitrogens with one attached hydrogen (secondary N) is 1. The zero-order chi connectivity index (χ0) is 35.7. The fourth-order valence-corrected chi connectivity index (χ4v) is 7.17. The lowest BCUT2D eigenvalue weighted by Crippen LogP contribution is -2.50. The predicted octanol–water partition coefficient (Wildman–Crippen LogP) is 7.16. The average Bonchev–Trinajstić information content (AvgIpc) is 3.66. The summed E-state index contributed by atoms with van der Waals surface area (Å²) in [5.41, 5.74) is -1.32. The first-order valence-electron chi connectivity index (χ1n) is 16.3. The Hall–Kier alpha value is -4.87. The fourth-order valence-electron chi connectivity index (χ4n) is 7.17. The van der Waals surface area contributed by atoms with Gasteiger partial charge >= 0.3 is 6.01 Å². The van der Waals surface area contributed by atoms with Gasteiger partial charge in [0.25, 0.3) is 12.2 Å². The maximum absolute atomic E-state index is 16.7. The molecule has 262 valence electrons. The summed E-state index contributed by atoms with van der Waals surface area (Å²) in [4.78, 5) is 16.9. The van der Waals surface area contributed by atoms with Gasteiger partial charge in [0.2, 0.25) is 0 Å². The number of hydrogen-bond donors (Lipinski definition) is 2. The number of pyridine rings is 1. The summed E-state index contributed by atoms with van der Waals surface area (Å²) in [6.07, 6.45) is 5.65. The summed E-state index contributed by atoms with van der Waals surface area (Å²) in [6, 6.07) is 4.15. The minimum atomic E-state index is -1.86. The third-order valence-electron chi connectivity index (χ3n) is 9.33. The molecule has 8 nitrogen and oxygen atoms in total. The maximum Gasteiger partial charge on any atom is 0.319 e. The first-order valence-corrected chi connectivity index (χ1v) is 16.3. The smallest absolute Gasteiger partial charge is 0.319 e. The van der Waals surface area contributed by atoms with Crippen LogP contribution in [0.3, 0.4) is 0 Å². The SMILES string of the molecule is C#Cc1c(F)ccc2cc(O)cc(-c3ncc4c(N5CCNC(C=C(F)F)C5)nc(OCC56CCCN5CC(=C(F)F)C6)nc4c3F)c12.CC. The molecule has 4 aromatic rings. The van der Waals surface area contributed by atoms with Crippen molar-refractivity contribution in [2.75, 3.05) is 44.2 Å². The van der Waals surface area contributed by atoms with Crippen molar-refractivity contribution in [1.82, 2.24) is 25.2 Å². The van der Waals surface area contributed by atoms with Gasteiger partial charge in [-0.2, -0.15) is 27.5 Å². The van der Waals surface area contributed by atoms with E-state index in [9.17, 15) is 27.1 Å². The maximum atomic E-state index is 16.7. The number of rotatable bonds is 6. The van der Waals surface area contributed by atoms with E-state index in [0.29, 0.717) is 31.4 Å². The van der Waals surface area contributed by atoms with Gasteiger partial charge in [-0.15, -0.1) is 6.42 Å². The first kappa shape index (κ1) is 35.0. The molecule has 2 N–H and O–H groups in total. The molecular formula is C36H34F6N6O2. The van der Waals surface area contributed by atoms with Crippen LogP contribution in [0.25, 0.3) is 32.9 Å². The molecule has 50 heavy (non-hydrogen) atoms. The van der Waals surface area contributed by atoms with Crippen LogP contribution in [0.5, 0.6) is 11.8 Å². The molecule has 3 aliphatic rings. The zero-order valence-corrected chi connectivity index (χ0v) is 27.3. The van der Waals surface area contributed by atoms with E-state index in [2.05, 4.69) is 26.2 Å². The Balaban J connectivity index is 0.00000212. The van der Waals surface area contributed by atoms with E-state index in [1.807, 2.05) is 18.7 Å². The molecular weight excluding hydrogens is 662 g/mol. The number of halogens is 6. The van der Waals surface area contributed by atoms with Crippen LogP contribution in [0.2, 0.25) is 0 Å². The summed E-state index contributed by atoms with van der Waals surface area (Å²) in [7, 11) is 0. The number of aromatic nitrogens is 3. The van der Waals surface area contributed by atoms with E-state index in [-0.39, 0.29) is 82.4 Å². The minimum Gasteiger partial charge on any atom is -0.508 e. The Labute approximate surface area is 284 Å². The molecule has 2 atom stereocenters. The predicted molar refractivity (Wildman–Crippen MR) is 178 cm³/mol. The number of phenols is 1. The molecule has 7 rings (SSSR count). The number of anilines is 1. The number of terminal acetylenes is 1. The summed E-state index contributed by atoms with van der Waals surface area (Å²) in [5, 5.41) is 14.1. The normalized spacial score (nSPS) is 20.3. The number of benzene rings is 2. The van der Waals surface area contributed by atoms with Gasteiger partial charge in [0.05, 0.1) is 16.5 Å². The monoisotopic (exact) mass is 696 g/mol. The third kappa shape index (κ3) is 6.43. The number of fused-ring (bicyclic) bond motifs is 3. The van der Waals surface area contributed by atoms with Crippen molar-refractivity contribution >= 4 is 27.5 Å². The first-order chi connectivity index (χ1) is 24.1. The Kier molecular flexibility index (Phi) is 9.91. The highest BCUT2D eigenvalue weighted by Gasteiger charge is 2.48. The van der Waals surface area contributed by atoms with Gasteiger partial charge in [-0.1, -0.05) is 25.8 Å². The van der Waals surface area contributed by atoms with E-state index < -0.39 is 35.4 Å². The topological polar surface area (TPSA) is 86.6 Å². The summed E-state index contributed by atoms with van der Waals surface area (Å²) in [5.74, 6) is 0.559. The number of nitrogens with zero attached hydrogens (tertiary/aromatic N) is 5. The molecule has 3 saturated heterocycles. The number of aromatic hydroxyl groups is 1. The second kappa shape index (κ2) is 14.2. The molecule has 3 aliphatic heterocycles. The highest BCUT2D eigenvalue weighted by atomic mass is 19.3. The van der Waals surface area contributed by atoms with Crippen LogP contribution < -0.4 is 15.0 Å². The highest BCUT2D eigenvalue weighted by molar-refractivity contribution is 6.03. The number of hydrogen-bond acceptors (Lipinski definition) is 8. The summed E-state index contributed by atoms with van der Waals surface area (Å²) < 4.78 is 91.1. The number of piperazine rings is 1. The van der Waals surface area contributed by atoms with Gasteiger partial charge in [0.1, 0.15) is 35.2 Å². The molecule has 0 aliphatic carbocycles. The van der Waals surface area contributed by atoms with E-state index in [1.54, 1.807) is 4.90 Å². The Bertz CT molecular complexity index is 2060. The lowest BCUT2D eigenvalue weighted by molar-refractivity contribution is 0.108. The average molecular weight is 697 g/mol. The third-order valence-corrected chi connectivity index (χ3v) is 9.33. The number of phenolic OH excluding ortho intramolecular Hbond substituents is 1. The Morgan fingerprint density at radius 3 is 2.70 bits per heavy atom. The standard InChI is InChI=1S/C34H28F6N6O2.C2H6/c1-2-22-25(35)5-4-18-10-21(47)12-23(27(18)22)29-28(38)30-24(14-42-29)32(45-9-7-41-20(16-45)11-26(36)37)44-33(43-30)48-17-34-6-3-8-46(34)15-19(13-34)31(39)40;1-2/h1,4-5,10-12,14,20,41,47H,3,6-9,13,15-17H2;1-2H3. The quantitative estimate of drug-likeness (QED) is 0.162. The van der Waals surface area contributed by atoms with Gasteiger partial charge in [-0.3, -0.25) is 9.88 Å². The van der Waals surface area contributed by atoms with Crippen LogP contribution in [0.4, 0.5) is 32.2 Å². The molecule has 0 amide bonds. The minimum absolute atomic E-state index is 0.0179. The summed E-state index contributed by atoms with van der Waals surface area (Å²) >= 11 is 0. The van der Waals surface area contributed by atoms with Gasteiger partial charge < -0.3 is 20.1 Å². The molecule has 0 spiro atoms. The van der Waals surface area contributed by atoms with Crippen molar-refractivity contribution in [2.45, 2.75) is 44.7 Å². The van der Waals surface area contributed by atoms with E-state index in [4.69, 9.17) is 11.2 Å². The molecule has 14 heteroatoms. The van der Waals surface area contributed by atoms with Crippen molar-refractivity contribution in [3.05, 3.63) is 71.5 Å². The molecule has 2 aromatic carbocycles. The lowest BCUT2D eigenvalue weighted by atomic mass is 9.94. The van der Waals surface area contributed by atoms with Gasteiger partial charge in [-0.25, -0.2) is 8.78 Å². The highest BCUT2D eigenvalue weighted by Crippen LogP contribution is 2.43. The van der Waals surface area contributed by atoms with E-state index >= 15 is 4.39 Å². The van der Waals surface area contributed by atoms with Gasteiger partial charge in [-0.05, 0) is 55.5 Å². The fraction of sp³-hybridized carbons (Fsp3) is 0.361. The molecule has 0 radical (unpaired) electrons. The Morgan fingerprint density at radius 2 is 1.96 bits per heavy atom. The van der Waals surface area contributed by atoms with Crippen molar-refractivity contribution in [2.24, 2.45) is 0 Å². The van der Waals surface area contributed by atoms with Crippen LogP contribution in [-0.4, -0.2) is 75.9 Å². The zero-order valence-electron chi connectivity index (χ0n) is 27.3. The van der Waals surface area contributed by atoms with Crippen molar-refractivity contribution < 1.29 is 36.2 Å². The van der Waals surface area contributed by atoms with E-state index in [0.717, 1.165) is 18.6 Å². The Morgan fingerprint density at radius 1 is 1.16 bits per heavy atom. The molecule has 3 fully saturated rings. The lowest BCUT2D eigenvalue weighted by Gasteiger charge is -2.34.